The van der Waals surface area contributed by atoms with Gasteiger partial charge >= 0.3 is 0 Å². The van der Waals surface area contributed by atoms with Gasteiger partial charge in [0.05, 0.1) is 6.04 Å². The Morgan fingerprint density at radius 2 is 1.86 bits per heavy atom. The third kappa shape index (κ3) is 2.09. The molecule has 3 unspecified atom stereocenters. The van der Waals surface area contributed by atoms with E-state index >= 15 is 0 Å². The second-order valence-electron chi connectivity index (χ2n) is 5.56. The summed E-state index contributed by atoms with van der Waals surface area (Å²) in [4.78, 5) is 3.96. The molecule has 0 aliphatic carbocycles. The van der Waals surface area contributed by atoms with E-state index in [0.717, 1.165) is 6.54 Å². The van der Waals surface area contributed by atoms with Gasteiger partial charge in [0.2, 0.25) is 0 Å². The Balaban J connectivity index is 2.77. The van der Waals surface area contributed by atoms with Crippen LogP contribution in [0.1, 0.15) is 27.7 Å². The molecule has 0 spiro atoms. The maximum atomic E-state index is 13.9. The Labute approximate surface area is 87.1 Å². The normalized spacial score (nSPS) is 35.6. The van der Waals surface area contributed by atoms with E-state index in [0.29, 0.717) is 5.92 Å². The first-order valence-corrected chi connectivity index (χ1v) is 5.32. The summed E-state index contributed by atoms with van der Waals surface area (Å²) in [7, 11) is 3.88. The van der Waals surface area contributed by atoms with Gasteiger partial charge in [0, 0.05) is 12.1 Å². The van der Waals surface area contributed by atoms with Crippen molar-refractivity contribution in [2.24, 2.45) is 5.92 Å². The molecule has 14 heavy (non-hydrogen) atoms. The standard InChI is InChI=1S/C11H23FN2/c1-8-7-13(5)10(12)9(8)14(6)11(2,3)4/h8-10H,7H2,1-6H3. The van der Waals surface area contributed by atoms with Crippen LogP contribution in [0.2, 0.25) is 0 Å². The highest BCUT2D eigenvalue weighted by Crippen LogP contribution is 2.30. The lowest BCUT2D eigenvalue weighted by Gasteiger charge is -2.39. The van der Waals surface area contributed by atoms with Gasteiger partial charge in [0.15, 0.2) is 6.30 Å². The molecule has 3 atom stereocenters. The zero-order chi connectivity index (χ0) is 11.1. The Bertz CT molecular complexity index is 200. The van der Waals surface area contributed by atoms with Crippen molar-refractivity contribution in [1.29, 1.82) is 0 Å². The Morgan fingerprint density at radius 1 is 1.36 bits per heavy atom. The van der Waals surface area contributed by atoms with E-state index in [9.17, 15) is 4.39 Å². The SMILES string of the molecule is CC1CN(C)C(F)C1N(C)C(C)(C)C. The van der Waals surface area contributed by atoms with Crippen molar-refractivity contribution in [3.63, 3.8) is 0 Å². The summed E-state index contributed by atoms with van der Waals surface area (Å²) in [5.41, 5.74) is 0.0362. The molecular formula is C11H23FN2. The topological polar surface area (TPSA) is 6.48 Å². The minimum absolute atomic E-state index is 0.0278. The molecule has 0 aromatic heterocycles. The molecule has 1 rings (SSSR count). The fourth-order valence-corrected chi connectivity index (χ4v) is 2.21. The van der Waals surface area contributed by atoms with Crippen LogP contribution in [0.25, 0.3) is 0 Å². The van der Waals surface area contributed by atoms with E-state index in [1.54, 1.807) is 4.90 Å². The number of nitrogens with zero attached hydrogens (tertiary/aromatic N) is 2. The number of rotatable bonds is 1. The lowest BCUT2D eigenvalue weighted by Crippen LogP contribution is -2.51. The summed E-state index contributed by atoms with van der Waals surface area (Å²) in [6, 6.07) is 0.0278. The number of hydrogen-bond acceptors (Lipinski definition) is 2. The first-order chi connectivity index (χ1) is 6.25. The van der Waals surface area contributed by atoms with Crippen molar-refractivity contribution in [1.82, 2.24) is 9.80 Å². The molecule has 0 aromatic rings. The average Bonchev–Trinajstić information content (AvgIpc) is 2.24. The van der Waals surface area contributed by atoms with Gasteiger partial charge in [-0.3, -0.25) is 9.80 Å². The highest BCUT2D eigenvalue weighted by atomic mass is 19.1. The fourth-order valence-electron chi connectivity index (χ4n) is 2.21. The summed E-state index contributed by atoms with van der Waals surface area (Å²) in [5, 5.41) is 0. The van der Waals surface area contributed by atoms with Crippen LogP contribution in [0.3, 0.4) is 0 Å². The predicted molar refractivity (Wildman–Crippen MR) is 58.0 cm³/mol. The first kappa shape index (κ1) is 11.9. The Morgan fingerprint density at radius 3 is 2.14 bits per heavy atom. The molecule has 0 radical (unpaired) electrons. The van der Waals surface area contributed by atoms with Crippen LogP contribution in [0.15, 0.2) is 0 Å². The second kappa shape index (κ2) is 3.78. The monoisotopic (exact) mass is 202 g/mol. The molecule has 1 saturated heterocycles. The van der Waals surface area contributed by atoms with E-state index in [1.165, 1.54) is 0 Å². The molecule has 1 aliphatic rings. The van der Waals surface area contributed by atoms with Crippen molar-refractivity contribution in [2.75, 3.05) is 20.6 Å². The molecule has 0 amide bonds. The smallest absolute Gasteiger partial charge is 0.169 e. The number of likely N-dealkylation sites (N-methyl/N-ethyl adjacent to an activating group) is 2. The summed E-state index contributed by atoms with van der Waals surface area (Å²) < 4.78 is 13.9. The highest BCUT2D eigenvalue weighted by molar-refractivity contribution is 4.93. The quantitative estimate of drug-likeness (QED) is 0.600. The van der Waals surface area contributed by atoms with Crippen molar-refractivity contribution in [3.05, 3.63) is 0 Å². The van der Waals surface area contributed by atoms with E-state index in [1.807, 2.05) is 14.1 Å². The summed E-state index contributed by atoms with van der Waals surface area (Å²) in [6.45, 7) is 9.37. The highest BCUT2D eigenvalue weighted by Gasteiger charge is 2.42. The number of alkyl halides is 1. The maximum Gasteiger partial charge on any atom is 0.169 e. The molecule has 1 aliphatic heterocycles. The van der Waals surface area contributed by atoms with Crippen LogP contribution in [-0.4, -0.2) is 48.3 Å². The molecule has 1 heterocycles. The summed E-state index contributed by atoms with van der Waals surface area (Å²) >= 11 is 0. The van der Waals surface area contributed by atoms with Crippen molar-refractivity contribution in [2.45, 2.75) is 45.6 Å². The third-order valence-electron chi connectivity index (χ3n) is 3.37. The third-order valence-corrected chi connectivity index (χ3v) is 3.37. The van der Waals surface area contributed by atoms with Crippen LogP contribution >= 0.6 is 0 Å². The first-order valence-electron chi connectivity index (χ1n) is 5.32. The molecule has 0 saturated carbocycles. The van der Waals surface area contributed by atoms with Crippen molar-refractivity contribution >= 4 is 0 Å². The lowest BCUT2D eigenvalue weighted by atomic mass is 9.98. The van der Waals surface area contributed by atoms with Gasteiger partial charge in [-0.1, -0.05) is 6.92 Å². The van der Waals surface area contributed by atoms with Crippen LogP contribution < -0.4 is 0 Å². The van der Waals surface area contributed by atoms with Gasteiger partial charge in [0.25, 0.3) is 0 Å². The largest absolute Gasteiger partial charge is 0.294 e. The molecule has 84 valence electrons. The summed E-state index contributed by atoms with van der Waals surface area (Å²) in [6.07, 6.45) is -0.825. The number of hydrogen-bond donors (Lipinski definition) is 0. The van der Waals surface area contributed by atoms with E-state index in [-0.39, 0.29) is 11.6 Å². The van der Waals surface area contributed by atoms with Crippen molar-refractivity contribution < 1.29 is 4.39 Å². The Hall–Kier alpha value is -0.150. The van der Waals surface area contributed by atoms with E-state index in [4.69, 9.17) is 0 Å². The van der Waals surface area contributed by atoms with Crippen LogP contribution in [0.4, 0.5) is 4.39 Å². The van der Waals surface area contributed by atoms with Crippen molar-refractivity contribution in [3.8, 4) is 0 Å². The number of likely N-dealkylation sites (tertiary alicyclic amines) is 1. The summed E-state index contributed by atoms with van der Waals surface area (Å²) in [5.74, 6) is 0.402. The molecule has 0 bridgehead atoms. The minimum atomic E-state index is -0.825. The zero-order valence-corrected chi connectivity index (χ0v) is 10.2. The fraction of sp³-hybridized carbons (Fsp3) is 1.00. The molecule has 3 heteroatoms. The van der Waals surface area contributed by atoms with Crippen LogP contribution in [-0.2, 0) is 0 Å². The van der Waals surface area contributed by atoms with Gasteiger partial charge in [0.1, 0.15) is 0 Å². The molecule has 2 nitrogen and oxygen atoms in total. The van der Waals surface area contributed by atoms with Crippen LogP contribution in [0, 0.1) is 5.92 Å². The molecule has 0 aromatic carbocycles. The maximum absolute atomic E-state index is 13.9. The average molecular weight is 202 g/mol. The lowest BCUT2D eigenvalue weighted by molar-refractivity contribution is 0.0248. The Kier molecular flexibility index (Phi) is 3.22. The molecule has 1 fully saturated rings. The van der Waals surface area contributed by atoms with Gasteiger partial charge in [-0.05, 0) is 40.8 Å². The van der Waals surface area contributed by atoms with E-state index in [2.05, 4.69) is 32.6 Å². The number of halogens is 1. The molecule has 0 N–H and O–H groups in total. The van der Waals surface area contributed by atoms with Gasteiger partial charge in [-0.25, -0.2) is 4.39 Å². The zero-order valence-electron chi connectivity index (χ0n) is 10.2. The van der Waals surface area contributed by atoms with Gasteiger partial charge in [-0.15, -0.1) is 0 Å². The van der Waals surface area contributed by atoms with Gasteiger partial charge in [-0.2, -0.15) is 0 Å². The second-order valence-corrected chi connectivity index (χ2v) is 5.56. The van der Waals surface area contributed by atoms with E-state index < -0.39 is 6.30 Å². The van der Waals surface area contributed by atoms with Crippen LogP contribution in [0.5, 0.6) is 0 Å². The minimum Gasteiger partial charge on any atom is -0.294 e. The predicted octanol–water partition coefficient (Wildman–Crippen LogP) is 1.96. The molecular weight excluding hydrogens is 179 g/mol. The van der Waals surface area contributed by atoms with Gasteiger partial charge < -0.3 is 0 Å².